The molecule has 146 valence electrons. The van der Waals surface area contributed by atoms with Gasteiger partial charge in [-0.2, -0.15) is 5.10 Å². The summed E-state index contributed by atoms with van der Waals surface area (Å²) in [7, 11) is -3.03. The van der Waals surface area contributed by atoms with E-state index in [2.05, 4.69) is 22.1 Å². The van der Waals surface area contributed by atoms with Gasteiger partial charge in [0.05, 0.1) is 11.5 Å². The second kappa shape index (κ2) is 8.88. The van der Waals surface area contributed by atoms with E-state index in [1.165, 1.54) is 6.33 Å². The average molecular weight is 409 g/mol. The van der Waals surface area contributed by atoms with E-state index in [-0.39, 0.29) is 23.5 Å². The summed E-state index contributed by atoms with van der Waals surface area (Å²) in [5, 5.41) is 7.37. The Balaban J connectivity index is 1.67. The van der Waals surface area contributed by atoms with Gasteiger partial charge in [0.1, 0.15) is 6.33 Å². The largest absolute Gasteiger partial charge is 0.335 e. The molecular formula is C18H24N4O3S2. The summed E-state index contributed by atoms with van der Waals surface area (Å²) in [5.74, 6) is 0.893. The second-order valence-electron chi connectivity index (χ2n) is 6.69. The zero-order valence-electron chi connectivity index (χ0n) is 15.3. The van der Waals surface area contributed by atoms with Crippen molar-refractivity contribution < 1.29 is 13.2 Å². The van der Waals surface area contributed by atoms with E-state index >= 15 is 0 Å². The monoisotopic (exact) mass is 408 g/mol. The molecule has 1 aliphatic heterocycles. The normalized spacial score (nSPS) is 18.5. The highest BCUT2D eigenvalue weighted by Gasteiger charge is 2.34. The van der Waals surface area contributed by atoms with Crippen LogP contribution < -0.4 is 0 Å². The number of hydrogen-bond acceptors (Lipinski definition) is 6. The van der Waals surface area contributed by atoms with Crippen LogP contribution in [-0.2, 0) is 15.6 Å². The first kappa shape index (κ1) is 19.9. The van der Waals surface area contributed by atoms with Crippen LogP contribution in [0.2, 0.25) is 0 Å². The molecule has 0 radical (unpaired) electrons. The molecule has 1 aliphatic rings. The first-order valence-electron chi connectivity index (χ1n) is 9.07. The predicted octanol–water partition coefficient (Wildman–Crippen LogP) is 2.53. The van der Waals surface area contributed by atoms with Crippen molar-refractivity contribution in [2.45, 2.75) is 43.1 Å². The number of nitrogens with one attached hydrogen (secondary N) is 1. The van der Waals surface area contributed by atoms with E-state index in [0.717, 1.165) is 29.3 Å². The van der Waals surface area contributed by atoms with Crippen LogP contribution in [0.3, 0.4) is 0 Å². The number of hydrogen-bond donors (Lipinski definition) is 1. The van der Waals surface area contributed by atoms with Gasteiger partial charge in [-0.1, -0.05) is 37.2 Å². The fraction of sp³-hybridized carbons (Fsp3) is 0.500. The third kappa shape index (κ3) is 5.32. The number of unbranched alkanes of at least 4 members (excludes halogenated alkanes) is 1. The SMILES string of the molecule is CCCCN(C(=O)c1ccc(CSc2ncn[nH]2)cc1)C1CCS(=O)(=O)C1. The Morgan fingerprint density at radius 2 is 2.11 bits per heavy atom. The van der Waals surface area contributed by atoms with Gasteiger partial charge in [-0.25, -0.2) is 13.4 Å². The van der Waals surface area contributed by atoms with Crippen LogP contribution in [-0.4, -0.2) is 58.5 Å². The molecule has 7 nitrogen and oxygen atoms in total. The maximum absolute atomic E-state index is 13.0. The second-order valence-corrected chi connectivity index (χ2v) is 9.88. The van der Waals surface area contributed by atoms with E-state index in [4.69, 9.17) is 0 Å². The minimum absolute atomic E-state index is 0.0777. The summed E-state index contributed by atoms with van der Waals surface area (Å²) in [6.45, 7) is 2.66. The van der Waals surface area contributed by atoms with Crippen LogP contribution in [0.25, 0.3) is 0 Å². The quantitative estimate of drug-likeness (QED) is 0.674. The van der Waals surface area contributed by atoms with Crippen molar-refractivity contribution in [3.63, 3.8) is 0 Å². The number of carbonyl (C=O) groups is 1. The summed E-state index contributed by atoms with van der Waals surface area (Å²) in [6.07, 6.45) is 3.83. The van der Waals surface area contributed by atoms with E-state index in [0.29, 0.717) is 18.5 Å². The van der Waals surface area contributed by atoms with Crippen molar-refractivity contribution in [2.24, 2.45) is 0 Å². The molecule has 2 heterocycles. The number of amides is 1. The lowest BCUT2D eigenvalue weighted by atomic mass is 10.1. The van der Waals surface area contributed by atoms with Crippen LogP contribution in [0, 0.1) is 0 Å². The first-order chi connectivity index (χ1) is 13.0. The number of sulfone groups is 1. The maximum Gasteiger partial charge on any atom is 0.254 e. The molecule has 27 heavy (non-hydrogen) atoms. The number of carbonyl (C=O) groups excluding carboxylic acids is 1. The Kier molecular flexibility index (Phi) is 6.54. The van der Waals surface area contributed by atoms with Crippen molar-refractivity contribution in [2.75, 3.05) is 18.1 Å². The van der Waals surface area contributed by atoms with Gasteiger partial charge in [-0.15, -0.1) is 0 Å². The molecular weight excluding hydrogens is 384 g/mol. The molecule has 0 aliphatic carbocycles. The van der Waals surface area contributed by atoms with E-state index < -0.39 is 9.84 Å². The number of thioether (sulfide) groups is 1. The molecule has 1 atom stereocenters. The maximum atomic E-state index is 13.0. The van der Waals surface area contributed by atoms with Crippen LogP contribution in [0.4, 0.5) is 0 Å². The summed E-state index contributed by atoms with van der Waals surface area (Å²) >= 11 is 1.54. The van der Waals surface area contributed by atoms with Gasteiger partial charge in [0.15, 0.2) is 15.0 Å². The standard InChI is InChI=1S/C18H24N4O3S2/c1-2-3-9-22(16-8-10-27(24,25)12-16)17(23)15-6-4-14(5-7-15)11-26-18-19-13-20-21-18/h4-7,13,16H,2-3,8-12H2,1H3,(H,19,20,21). The lowest BCUT2D eigenvalue weighted by Gasteiger charge is -2.28. The molecule has 1 N–H and O–H groups in total. The van der Waals surface area contributed by atoms with Crippen molar-refractivity contribution >= 4 is 27.5 Å². The first-order valence-corrected chi connectivity index (χ1v) is 11.9. The summed E-state index contributed by atoms with van der Waals surface area (Å²) < 4.78 is 23.7. The molecule has 0 spiro atoms. The molecule has 2 aromatic rings. The lowest BCUT2D eigenvalue weighted by molar-refractivity contribution is 0.0694. The number of nitrogens with zero attached hydrogens (tertiary/aromatic N) is 3. The Hall–Kier alpha value is -1.87. The fourth-order valence-electron chi connectivity index (χ4n) is 3.12. The highest BCUT2D eigenvalue weighted by atomic mass is 32.2. The Labute approximate surface area is 163 Å². The molecule has 1 saturated heterocycles. The van der Waals surface area contributed by atoms with Crippen molar-refractivity contribution in [1.82, 2.24) is 20.1 Å². The number of aromatic nitrogens is 3. The Morgan fingerprint density at radius 1 is 1.33 bits per heavy atom. The van der Waals surface area contributed by atoms with Gasteiger partial charge >= 0.3 is 0 Å². The molecule has 0 saturated carbocycles. The zero-order chi connectivity index (χ0) is 19.3. The summed E-state index contributed by atoms with van der Waals surface area (Å²) in [6, 6.07) is 7.29. The van der Waals surface area contributed by atoms with Crippen LogP contribution in [0.5, 0.6) is 0 Å². The van der Waals surface area contributed by atoms with Crippen LogP contribution in [0.15, 0.2) is 35.7 Å². The number of benzene rings is 1. The molecule has 1 aromatic heterocycles. The highest BCUT2D eigenvalue weighted by molar-refractivity contribution is 7.98. The van der Waals surface area contributed by atoms with Crippen molar-refractivity contribution in [1.29, 1.82) is 0 Å². The minimum Gasteiger partial charge on any atom is -0.335 e. The van der Waals surface area contributed by atoms with E-state index in [1.54, 1.807) is 16.7 Å². The molecule has 1 unspecified atom stereocenters. The molecule has 9 heteroatoms. The van der Waals surface area contributed by atoms with Crippen molar-refractivity contribution in [3.05, 3.63) is 41.7 Å². The van der Waals surface area contributed by atoms with E-state index in [9.17, 15) is 13.2 Å². The van der Waals surface area contributed by atoms with Gasteiger partial charge in [0.2, 0.25) is 0 Å². The highest BCUT2D eigenvalue weighted by Crippen LogP contribution is 2.22. The molecule has 3 rings (SSSR count). The third-order valence-corrected chi connectivity index (χ3v) is 7.33. The smallest absolute Gasteiger partial charge is 0.254 e. The number of aromatic amines is 1. The van der Waals surface area contributed by atoms with Gasteiger partial charge < -0.3 is 4.90 Å². The van der Waals surface area contributed by atoms with Crippen molar-refractivity contribution in [3.8, 4) is 0 Å². The zero-order valence-corrected chi connectivity index (χ0v) is 16.9. The number of H-pyrrole nitrogens is 1. The minimum atomic E-state index is -3.03. The summed E-state index contributed by atoms with van der Waals surface area (Å²) in [5.41, 5.74) is 1.68. The third-order valence-electron chi connectivity index (χ3n) is 4.63. The lowest BCUT2D eigenvalue weighted by Crippen LogP contribution is -2.41. The van der Waals surface area contributed by atoms with Crippen LogP contribution in [0.1, 0.15) is 42.1 Å². The molecule has 1 aromatic carbocycles. The fourth-order valence-corrected chi connectivity index (χ4v) is 5.59. The topological polar surface area (TPSA) is 96.0 Å². The Bertz CT molecular complexity index is 851. The molecule has 0 bridgehead atoms. The molecule has 1 fully saturated rings. The van der Waals surface area contributed by atoms with Crippen LogP contribution >= 0.6 is 11.8 Å². The average Bonchev–Trinajstić information content (AvgIpc) is 3.30. The van der Waals surface area contributed by atoms with Gasteiger partial charge in [-0.3, -0.25) is 9.89 Å². The Morgan fingerprint density at radius 3 is 2.70 bits per heavy atom. The predicted molar refractivity (Wildman–Crippen MR) is 105 cm³/mol. The summed E-state index contributed by atoms with van der Waals surface area (Å²) in [4.78, 5) is 18.8. The molecule has 1 amide bonds. The van der Waals surface area contributed by atoms with E-state index in [1.807, 2.05) is 24.3 Å². The van der Waals surface area contributed by atoms with Gasteiger partial charge in [0, 0.05) is 23.9 Å². The van der Waals surface area contributed by atoms with Gasteiger partial charge in [-0.05, 0) is 30.5 Å². The number of rotatable bonds is 8. The van der Waals surface area contributed by atoms with Gasteiger partial charge in [0.25, 0.3) is 5.91 Å².